The number of aromatic nitrogens is 3. The van der Waals surface area contributed by atoms with E-state index in [2.05, 4.69) is 61.3 Å². The number of nitrogens with zero attached hydrogens (tertiary/aromatic N) is 3. The molecule has 0 aromatic carbocycles. The van der Waals surface area contributed by atoms with E-state index in [1.807, 2.05) is 28.4 Å². The summed E-state index contributed by atoms with van der Waals surface area (Å²) in [7, 11) is 0. The third kappa shape index (κ3) is 2.78. The first-order chi connectivity index (χ1) is 10.0. The van der Waals surface area contributed by atoms with Gasteiger partial charge in [-0.2, -0.15) is 5.10 Å². The maximum Gasteiger partial charge on any atom is 0.158 e. The lowest BCUT2D eigenvalue weighted by atomic mass is 10.2. The molecule has 3 aromatic rings. The monoisotopic (exact) mass is 300 g/mol. The van der Waals surface area contributed by atoms with Crippen molar-refractivity contribution in [3.05, 3.63) is 40.3 Å². The number of hydrogen-bond donors (Lipinski definition) is 1. The van der Waals surface area contributed by atoms with E-state index in [1.165, 1.54) is 9.75 Å². The summed E-state index contributed by atoms with van der Waals surface area (Å²) in [5.41, 5.74) is 1.97. The zero-order valence-corrected chi connectivity index (χ0v) is 13.6. The van der Waals surface area contributed by atoms with Gasteiger partial charge in [-0.05, 0) is 45.9 Å². The standard InChI is InChI=1S/C16H20N4S/c1-10(2)20-16-13(8-18-20)7-14(9-17-16)19-12(4)15-6-5-11(3)21-15/h5-10,12,19H,1-4H3. The summed E-state index contributed by atoms with van der Waals surface area (Å²) in [6, 6.07) is 7.06. The number of anilines is 1. The Labute approximate surface area is 128 Å². The number of nitrogens with one attached hydrogen (secondary N) is 1. The van der Waals surface area contributed by atoms with E-state index in [4.69, 9.17) is 0 Å². The second-order valence-electron chi connectivity index (χ2n) is 5.63. The molecule has 1 unspecified atom stereocenters. The Morgan fingerprint density at radius 1 is 1.19 bits per heavy atom. The van der Waals surface area contributed by atoms with Gasteiger partial charge >= 0.3 is 0 Å². The third-order valence-electron chi connectivity index (χ3n) is 3.49. The SMILES string of the molecule is Cc1ccc(C(C)Nc2cnc3c(cnn3C(C)C)c2)s1. The molecule has 3 aromatic heterocycles. The minimum atomic E-state index is 0.281. The fourth-order valence-corrected chi connectivity index (χ4v) is 3.28. The maximum atomic E-state index is 4.56. The van der Waals surface area contributed by atoms with Gasteiger partial charge in [0.2, 0.25) is 0 Å². The molecule has 3 heterocycles. The number of fused-ring (bicyclic) bond motifs is 1. The summed E-state index contributed by atoms with van der Waals surface area (Å²) in [6.07, 6.45) is 3.77. The van der Waals surface area contributed by atoms with Crippen LogP contribution in [-0.4, -0.2) is 14.8 Å². The molecule has 1 atom stereocenters. The maximum absolute atomic E-state index is 4.56. The summed E-state index contributed by atoms with van der Waals surface area (Å²) >= 11 is 1.83. The molecule has 0 aliphatic rings. The molecule has 0 spiro atoms. The van der Waals surface area contributed by atoms with Crippen LogP contribution in [0.1, 0.15) is 42.6 Å². The number of pyridine rings is 1. The van der Waals surface area contributed by atoms with E-state index in [-0.39, 0.29) is 6.04 Å². The minimum absolute atomic E-state index is 0.281. The van der Waals surface area contributed by atoms with Crippen LogP contribution in [0.3, 0.4) is 0 Å². The molecule has 0 saturated heterocycles. The smallest absolute Gasteiger partial charge is 0.158 e. The van der Waals surface area contributed by atoms with E-state index in [0.29, 0.717) is 6.04 Å². The predicted molar refractivity (Wildman–Crippen MR) is 89.0 cm³/mol. The van der Waals surface area contributed by atoms with Gasteiger partial charge in [-0.25, -0.2) is 9.67 Å². The minimum Gasteiger partial charge on any atom is -0.376 e. The molecule has 110 valence electrons. The van der Waals surface area contributed by atoms with Crippen LogP contribution < -0.4 is 5.32 Å². The highest BCUT2D eigenvalue weighted by molar-refractivity contribution is 7.12. The summed E-state index contributed by atoms with van der Waals surface area (Å²) in [5, 5.41) is 8.99. The molecule has 0 aliphatic heterocycles. The fraction of sp³-hybridized carbons (Fsp3) is 0.375. The number of thiophene rings is 1. The van der Waals surface area contributed by atoms with E-state index < -0.39 is 0 Å². The zero-order valence-electron chi connectivity index (χ0n) is 12.8. The van der Waals surface area contributed by atoms with Crippen molar-refractivity contribution >= 4 is 28.1 Å². The number of aryl methyl sites for hydroxylation is 1. The average molecular weight is 300 g/mol. The van der Waals surface area contributed by atoms with Crippen molar-refractivity contribution in [3.63, 3.8) is 0 Å². The van der Waals surface area contributed by atoms with Crippen molar-refractivity contribution in [2.75, 3.05) is 5.32 Å². The van der Waals surface area contributed by atoms with Gasteiger partial charge in [0.05, 0.1) is 24.1 Å². The van der Waals surface area contributed by atoms with Crippen LogP contribution in [0.4, 0.5) is 5.69 Å². The molecule has 0 bridgehead atoms. The van der Waals surface area contributed by atoms with Gasteiger partial charge in [-0.15, -0.1) is 11.3 Å². The number of rotatable bonds is 4. The second-order valence-corrected chi connectivity index (χ2v) is 6.95. The van der Waals surface area contributed by atoms with Gasteiger partial charge in [-0.3, -0.25) is 0 Å². The first-order valence-corrected chi connectivity index (χ1v) is 8.02. The molecule has 0 amide bonds. The van der Waals surface area contributed by atoms with Gasteiger partial charge in [0.25, 0.3) is 0 Å². The van der Waals surface area contributed by atoms with Crippen molar-refractivity contribution in [2.24, 2.45) is 0 Å². The lowest BCUT2D eigenvalue weighted by Crippen LogP contribution is -2.06. The lowest BCUT2D eigenvalue weighted by Gasteiger charge is -2.13. The van der Waals surface area contributed by atoms with Gasteiger partial charge in [0.15, 0.2) is 5.65 Å². The molecule has 0 fully saturated rings. The van der Waals surface area contributed by atoms with E-state index in [9.17, 15) is 0 Å². The van der Waals surface area contributed by atoms with Crippen LogP contribution in [0.15, 0.2) is 30.6 Å². The second kappa shape index (κ2) is 5.48. The lowest BCUT2D eigenvalue weighted by molar-refractivity contribution is 0.546. The predicted octanol–water partition coefficient (Wildman–Crippen LogP) is 4.56. The summed E-state index contributed by atoms with van der Waals surface area (Å²) in [4.78, 5) is 7.23. The van der Waals surface area contributed by atoms with Crippen molar-refractivity contribution in [1.29, 1.82) is 0 Å². The first kappa shape index (κ1) is 14.1. The Morgan fingerprint density at radius 3 is 2.67 bits per heavy atom. The molecular formula is C16H20N4S. The molecule has 0 saturated carbocycles. The molecule has 0 aliphatic carbocycles. The summed E-state index contributed by atoms with van der Waals surface area (Å²) in [6.45, 7) is 8.53. The molecular weight excluding hydrogens is 280 g/mol. The Morgan fingerprint density at radius 2 is 2.00 bits per heavy atom. The fourth-order valence-electron chi connectivity index (χ4n) is 2.40. The van der Waals surface area contributed by atoms with E-state index >= 15 is 0 Å². The largest absolute Gasteiger partial charge is 0.376 e. The highest BCUT2D eigenvalue weighted by atomic mass is 32.1. The summed E-state index contributed by atoms with van der Waals surface area (Å²) < 4.78 is 1.95. The highest BCUT2D eigenvalue weighted by Gasteiger charge is 2.11. The quantitative estimate of drug-likeness (QED) is 0.768. The van der Waals surface area contributed by atoms with E-state index in [0.717, 1.165) is 16.7 Å². The van der Waals surface area contributed by atoms with Crippen LogP contribution >= 0.6 is 11.3 Å². The van der Waals surface area contributed by atoms with Crippen LogP contribution in [0.5, 0.6) is 0 Å². The van der Waals surface area contributed by atoms with Crippen molar-refractivity contribution in [2.45, 2.75) is 39.8 Å². The van der Waals surface area contributed by atoms with Crippen molar-refractivity contribution < 1.29 is 0 Å². The highest BCUT2D eigenvalue weighted by Crippen LogP contribution is 2.27. The Bertz CT molecular complexity index is 757. The van der Waals surface area contributed by atoms with Crippen LogP contribution in [0.2, 0.25) is 0 Å². The summed E-state index contributed by atoms with van der Waals surface area (Å²) in [5.74, 6) is 0. The molecule has 21 heavy (non-hydrogen) atoms. The molecule has 4 nitrogen and oxygen atoms in total. The Balaban J connectivity index is 1.84. The average Bonchev–Trinajstić information content (AvgIpc) is 3.04. The zero-order chi connectivity index (χ0) is 15.0. The van der Waals surface area contributed by atoms with Crippen molar-refractivity contribution in [1.82, 2.24) is 14.8 Å². The molecule has 1 N–H and O–H groups in total. The van der Waals surface area contributed by atoms with Gasteiger partial charge in [-0.1, -0.05) is 0 Å². The van der Waals surface area contributed by atoms with Crippen LogP contribution in [0, 0.1) is 6.92 Å². The van der Waals surface area contributed by atoms with Gasteiger partial charge < -0.3 is 5.32 Å². The van der Waals surface area contributed by atoms with Crippen LogP contribution in [-0.2, 0) is 0 Å². The normalized spacial score (nSPS) is 13.0. The van der Waals surface area contributed by atoms with Gasteiger partial charge in [0, 0.05) is 21.2 Å². The Hall–Kier alpha value is -1.88. The van der Waals surface area contributed by atoms with Gasteiger partial charge in [0.1, 0.15) is 0 Å². The third-order valence-corrected chi connectivity index (χ3v) is 4.68. The molecule has 5 heteroatoms. The Kier molecular flexibility index (Phi) is 3.68. The topological polar surface area (TPSA) is 42.7 Å². The molecule has 0 radical (unpaired) electrons. The number of hydrogen-bond acceptors (Lipinski definition) is 4. The van der Waals surface area contributed by atoms with E-state index in [1.54, 1.807) is 0 Å². The van der Waals surface area contributed by atoms with Crippen LogP contribution in [0.25, 0.3) is 11.0 Å². The molecule has 3 rings (SSSR count). The van der Waals surface area contributed by atoms with Crippen molar-refractivity contribution in [3.8, 4) is 0 Å². The first-order valence-electron chi connectivity index (χ1n) is 7.20.